The summed E-state index contributed by atoms with van der Waals surface area (Å²) in [5, 5.41) is 0. The second-order valence-corrected chi connectivity index (χ2v) is 11.6. The summed E-state index contributed by atoms with van der Waals surface area (Å²) in [6, 6.07) is 54.5. The van der Waals surface area contributed by atoms with Crippen LogP contribution < -0.4 is 16.4 Å². The molecule has 3 heteroatoms. The fourth-order valence-electron chi connectivity index (χ4n) is 5.77. The smallest absolute Gasteiger partial charge is 0.0873 e. The molecule has 5 aromatic carbocycles. The Morgan fingerprint density at radius 2 is 0.872 bits per heavy atom. The van der Waals surface area contributed by atoms with E-state index in [0.29, 0.717) is 5.92 Å². The Labute approximate surface area is 244 Å². The van der Waals surface area contributed by atoms with E-state index in [0.717, 1.165) is 5.75 Å². The van der Waals surface area contributed by atoms with Gasteiger partial charge in [0, 0.05) is 17.6 Å². The van der Waals surface area contributed by atoms with Crippen molar-refractivity contribution in [3.63, 3.8) is 0 Å². The molecule has 0 saturated heterocycles. The highest BCUT2D eigenvalue weighted by atomic mass is 33.1. The Hall–Kier alpha value is -3.14. The molecule has 0 spiro atoms. The van der Waals surface area contributed by atoms with E-state index in [4.69, 9.17) is 0 Å². The summed E-state index contributed by atoms with van der Waals surface area (Å²) in [4.78, 5) is 0. The highest BCUT2D eigenvalue weighted by Gasteiger charge is 2.28. The lowest BCUT2D eigenvalue weighted by Gasteiger charge is -2.43. The largest absolute Gasteiger partial charge is 0.200 e. The second-order valence-electron chi connectivity index (χ2n) is 10.1. The predicted molar refractivity (Wildman–Crippen MR) is 181 cm³/mol. The third-order valence-electron chi connectivity index (χ3n) is 7.75. The van der Waals surface area contributed by atoms with E-state index >= 15 is 0 Å². The highest BCUT2D eigenvalue weighted by Crippen LogP contribution is 2.27. The molecule has 5 aromatic rings. The first-order valence-corrected chi connectivity index (χ1v) is 16.2. The maximum atomic E-state index is 3.51. The van der Waals surface area contributed by atoms with E-state index in [1.54, 1.807) is 10.8 Å². The summed E-state index contributed by atoms with van der Waals surface area (Å²) in [5.41, 5.74) is 7.08. The minimum absolute atomic E-state index is 0.463. The highest BCUT2D eigenvalue weighted by molar-refractivity contribution is 8.59. The van der Waals surface area contributed by atoms with Crippen LogP contribution in [0.3, 0.4) is 0 Å². The quantitative estimate of drug-likeness (QED) is 0.0997. The van der Waals surface area contributed by atoms with Crippen molar-refractivity contribution in [1.29, 1.82) is 0 Å². The zero-order chi connectivity index (χ0) is 27.2. The van der Waals surface area contributed by atoms with Gasteiger partial charge in [0.05, 0.1) is 22.7 Å². The molecule has 0 aromatic heterocycles. The average molecular weight is 547 g/mol. The first-order chi connectivity index (χ1) is 19.3. The third kappa shape index (κ3) is 7.50. The second kappa shape index (κ2) is 15.5. The lowest BCUT2D eigenvalue weighted by molar-refractivity contribution is 0.874. The molecule has 0 aliphatic carbocycles. The van der Waals surface area contributed by atoms with Crippen molar-refractivity contribution in [2.24, 2.45) is 0 Å². The van der Waals surface area contributed by atoms with Crippen molar-refractivity contribution in [3.8, 4) is 0 Å². The van der Waals surface area contributed by atoms with Gasteiger partial charge in [0.1, 0.15) is 0 Å². The summed E-state index contributed by atoms with van der Waals surface area (Å²) < 4.78 is 0. The molecule has 0 radical (unpaired) electrons. The van der Waals surface area contributed by atoms with Crippen molar-refractivity contribution in [3.05, 3.63) is 163 Å². The Bertz CT molecular complexity index is 1190. The first-order valence-electron chi connectivity index (χ1n) is 14.0. The molecule has 0 nitrogen and oxygen atoms in total. The van der Waals surface area contributed by atoms with Crippen molar-refractivity contribution in [1.82, 2.24) is 0 Å². The molecule has 0 heterocycles. The summed E-state index contributed by atoms with van der Waals surface area (Å²) >= 11 is 3.51. The van der Waals surface area contributed by atoms with E-state index in [1.807, 2.05) is 0 Å². The Balaban J connectivity index is 0.000000193. The normalized spacial score (nSPS) is 11.1. The molecule has 5 rings (SSSR count). The van der Waals surface area contributed by atoms with Crippen LogP contribution in [0.5, 0.6) is 0 Å². The summed E-state index contributed by atoms with van der Waals surface area (Å²) in [7, 11) is 1.70. The van der Waals surface area contributed by atoms with E-state index in [1.165, 1.54) is 46.7 Å². The fraction of sp³-hybridized carbons (Fsp3) is 0.167. The first kappa shape index (κ1) is 28.9. The van der Waals surface area contributed by atoms with Gasteiger partial charge in [-0.3, -0.25) is 0 Å². The number of benzene rings is 5. The lowest BCUT2D eigenvalue weighted by atomic mass is 9.14. The number of unbranched alkanes of at least 4 members (excludes halogenated alkanes) is 1. The van der Waals surface area contributed by atoms with Gasteiger partial charge in [0.2, 0.25) is 0 Å². The molecule has 39 heavy (non-hydrogen) atoms. The van der Waals surface area contributed by atoms with Gasteiger partial charge in [0.25, 0.3) is 0 Å². The van der Waals surface area contributed by atoms with Gasteiger partial charge in [-0.2, -0.15) is 22.7 Å². The van der Waals surface area contributed by atoms with E-state index in [9.17, 15) is 0 Å². The maximum Gasteiger partial charge on any atom is 0.0873 e. The molecule has 0 fully saturated rings. The molecule has 0 aliphatic rings. The molecule has 0 N–H and O–H groups in total. The van der Waals surface area contributed by atoms with Crippen LogP contribution in [0.4, 0.5) is 0 Å². The molecule has 0 atom stereocenters. The molecular formula is C36H39BS2. The van der Waals surface area contributed by atoms with E-state index < -0.39 is 6.15 Å². The van der Waals surface area contributed by atoms with Gasteiger partial charge >= 0.3 is 0 Å². The van der Waals surface area contributed by atoms with Crippen LogP contribution in [0.1, 0.15) is 36.8 Å². The summed E-state index contributed by atoms with van der Waals surface area (Å²) in [6.07, 6.45) is 2.73. The van der Waals surface area contributed by atoms with Crippen LogP contribution in [-0.4, -0.2) is 11.9 Å². The predicted octanol–water partition coefficient (Wildman–Crippen LogP) is 7.44. The van der Waals surface area contributed by atoms with E-state index in [-0.39, 0.29) is 0 Å². The average Bonchev–Trinajstić information content (AvgIpc) is 3.03. The molecule has 0 aliphatic heterocycles. The molecule has 0 bridgehead atoms. The topological polar surface area (TPSA) is 0 Å². The lowest BCUT2D eigenvalue weighted by Crippen LogP contribution is -2.66. The zero-order valence-corrected chi connectivity index (χ0v) is 24.6. The van der Waals surface area contributed by atoms with Crippen LogP contribution in [0.15, 0.2) is 152 Å². The monoisotopic (exact) mass is 546 g/mol. The van der Waals surface area contributed by atoms with Gasteiger partial charge < -0.3 is 0 Å². The van der Waals surface area contributed by atoms with Crippen LogP contribution in [0.2, 0.25) is 6.32 Å². The van der Waals surface area contributed by atoms with Crippen LogP contribution in [-0.2, 0) is 11.7 Å². The SMILES string of the molecule is CCCC[B-](c1ccccc1)(c1ccccc1)c1ccccc1.[SH2+]SCC(c1ccccc1)c1ccccc1. The van der Waals surface area contributed by atoms with Gasteiger partial charge in [-0.1, -0.05) is 171 Å². The minimum atomic E-state index is -0.913. The van der Waals surface area contributed by atoms with Crippen molar-refractivity contribution < 1.29 is 0 Å². The fourth-order valence-corrected chi connectivity index (χ4v) is 6.82. The van der Waals surface area contributed by atoms with Crippen molar-refractivity contribution in [2.45, 2.75) is 32.0 Å². The molecular weight excluding hydrogens is 507 g/mol. The standard InChI is InChI=1S/C22H24B.C14H14S2/c1-2-3-19-23(20-13-7-4-8-14-20,21-15-9-5-10-16-21)22-17-11-6-12-18-22;15-16-11-14(12-7-3-1-4-8-12)13-9-5-2-6-10-13/h4-18H,2-3,19H2,1H3;1-10,14-15H,11H2/q-1;/p+1. The van der Waals surface area contributed by atoms with Crippen LogP contribution >= 0.6 is 10.8 Å². The van der Waals surface area contributed by atoms with Crippen molar-refractivity contribution >= 4 is 45.0 Å². The van der Waals surface area contributed by atoms with Gasteiger partial charge in [-0.15, -0.1) is 0 Å². The number of hydrogen-bond donors (Lipinski definition) is 0. The molecule has 0 amide bonds. The van der Waals surface area contributed by atoms with Crippen LogP contribution in [0.25, 0.3) is 0 Å². The Morgan fingerprint density at radius 3 is 1.18 bits per heavy atom. The van der Waals surface area contributed by atoms with Gasteiger partial charge in [0.15, 0.2) is 0 Å². The minimum Gasteiger partial charge on any atom is -0.200 e. The zero-order valence-electron chi connectivity index (χ0n) is 22.8. The Morgan fingerprint density at radius 1 is 0.538 bits per heavy atom. The number of rotatable bonds is 10. The molecule has 0 unspecified atom stereocenters. The van der Waals surface area contributed by atoms with Gasteiger partial charge in [-0.05, 0) is 11.1 Å². The van der Waals surface area contributed by atoms with E-state index in [2.05, 4.69) is 170 Å². The molecule has 198 valence electrons. The Kier molecular flexibility index (Phi) is 11.4. The maximum absolute atomic E-state index is 3.51. The number of hydrogen-bond acceptors (Lipinski definition) is 1. The van der Waals surface area contributed by atoms with Crippen molar-refractivity contribution in [2.75, 3.05) is 5.75 Å². The van der Waals surface area contributed by atoms with Crippen LogP contribution in [0, 0.1) is 0 Å². The molecule has 0 saturated carbocycles. The summed E-state index contributed by atoms with van der Waals surface area (Å²) in [5.74, 6) is 1.51. The van der Waals surface area contributed by atoms with Gasteiger partial charge in [-0.25, -0.2) is 0 Å². The summed E-state index contributed by atoms with van der Waals surface area (Å²) in [6.45, 7) is 2.28. The third-order valence-corrected chi connectivity index (χ3v) is 8.75.